The smallest absolute Gasteiger partial charge is 0.388 e. The van der Waals surface area contributed by atoms with Crippen molar-refractivity contribution >= 4 is 5.91 Å². The summed E-state index contributed by atoms with van der Waals surface area (Å²) in [5.74, 6) is -0.923. The summed E-state index contributed by atoms with van der Waals surface area (Å²) in [7, 11) is 0. The van der Waals surface area contributed by atoms with Crippen molar-refractivity contribution in [3.8, 4) is 0 Å². The number of carbonyl (C=O) groups excluding carboxylic acids is 1. The van der Waals surface area contributed by atoms with Crippen LogP contribution in [0.15, 0.2) is 18.3 Å². The molecule has 0 spiro atoms. The number of halogens is 3. The van der Waals surface area contributed by atoms with E-state index in [1.165, 1.54) is 0 Å². The third-order valence-corrected chi connectivity index (χ3v) is 3.19. The molecule has 7 heteroatoms. The van der Waals surface area contributed by atoms with Crippen molar-refractivity contribution in [3.63, 3.8) is 0 Å². The van der Waals surface area contributed by atoms with Gasteiger partial charge in [-0.3, -0.25) is 9.78 Å². The second-order valence-electron chi connectivity index (χ2n) is 4.66. The predicted molar refractivity (Wildman–Crippen MR) is 60.4 cm³/mol. The number of pyridine rings is 1. The number of rotatable bonds is 3. The van der Waals surface area contributed by atoms with Crippen molar-refractivity contribution in [2.45, 2.75) is 31.0 Å². The summed E-state index contributed by atoms with van der Waals surface area (Å²) in [5, 5.41) is 12.1. The Bertz CT molecular complexity index is 484. The summed E-state index contributed by atoms with van der Waals surface area (Å²) in [4.78, 5) is 15.2. The molecular formula is C12H13F3N2O2. The SMILES string of the molecule is O=C(NCC1(O)CCC1)c1ncccc1C(F)(F)F. The lowest BCUT2D eigenvalue weighted by Crippen LogP contribution is -2.48. The first-order valence-corrected chi connectivity index (χ1v) is 5.85. The Morgan fingerprint density at radius 3 is 2.68 bits per heavy atom. The molecule has 0 radical (unpaired) electrons. The summed E-state index contributed by atoms with van der Waals surface area (Å²) >= 11 is 0. The average molecular weight is 274 g/mol. The molecule has 0 aromatic carbocycles. The largest absolute Gasteiger partial charge is 0.418 e. The molecule has 2 N–H and O–H groups in total. The maximum Gasteiger partial charge on any atom is 0.418 e. The molecule has 1 heterocycles. The van der Waals surface area contributed by atoms with Crippen LogP contribution in [0, 0.1) is 0 Å². The molecule has 1 fully saturated rings. The fourth-order valence-corrected chi connectivity index (χ4v) is 1.91. The first kappa shape index (κ1) is 13.8. The zero-order valence-electron chi connectivity index (χ0n) is 10.00. The van der Waals surface area contributed by atoms with Crippen molar-refractivity contribution in [2.24, 2.45) is 0 Å². The highest BCUT2D eigenvalue weighted by Gasteiger charge is 2.38. The molecule has 19 heavy (non-hydrogen) atoms. The van der Waals surface area contributed by atoms with Crippen LogP contribution in [0.4, 0.5) is 13.2 Å². The molecule has 0 unspecified atom stereocenters. The second-order valence-corrected chi connectivity index (χ2v) is 4.66. The number of nitrogens with zero attached hydrogens (tertiary/aromatic N) is 1. The number of aliphatic hydroxyl groups is 1. The Hall–Kier alpha value is -1.63. The Morgan fingerprint density at radius 1 is 1.47 bits per heavy atom. The topological polar surface area (TPSA) is 62.2 Å². The van der Waals surface area contributed by atoms with Crippen LogP contribution in [0.25, 0.3) is 0 Å². The van der Waals surface area contributed by atoms with E-state index in [4.69, 9.17) is 0 Å². The molecule has 0 saturated heterocycles. The molecular weight excluding hydrogens is 261 g/mol. The van der Waals surface area contributed by atoms with E-state index in [1.807, 2.05) is 0 Å². The summed E-state index contributed by atoms with van der Waals surface area (Å²) < 4.78 is 38.1. The Kier molecular flexibility index (Phi) is 3.49. The molecule has 0 atom stereocenters. The molecule has 1 aliphatic rings. The van der Waals surface area contributed by atoms with Crippen molar-refractivity contribution in [1.29, 1.82) is 0 Å². The van der Waals surface area contributed by atoms with Crippen LogP contribution in [0.2, 0.25) is 0 Å². The van der Waals surface area contributed by atoms with Crippen molar-refractivity contribution < 1.29 is 23.1 Å². The van der Waals surface area contributed by atoms with Crippen LogP contribution >= 0.6 is 0 Å². The lowest BCUT2D eigenvalue weighted by atomic mass is 9.80. The van der Waals surface area contributed by atoms with Gasteiger partial charge in [0, 0.05) is 12.7 Å². The summed E-state index contributed by atoms with van der Waals surface area (Å²) in [6.07, 6.45) is -1.57. The number of alkyl halides is 3. The van der Waals surface area contributed by atoms with Gasteiger partial charge in [0.1, 0.15) is 5.69 Å². The van der Waals surface area contributed by atoms with Crippen LogP contribution < -0.4 is 5.32 Å². The molecule has 1 saturated carbocycles. The van der Waals surface area contributed by atoms with E-state index in [2.05, 4.69) is 10.3 Å². The minimum absolute atomic E-state index is 0.0558. The highest BCUT2D eigenvalue weighted by molar-refractivity contribution is 5.93. The highest BCUT2D eigenvalue weighted by Crippen LogP contribution is 2.32. The third-order valence-electron chi connectivity index (χ3n) is 3.19. The predicted octanol–water partition coefficient (Wildman–Crippen LogP) is 1.75. The molecule has 2 rings (SSSR count). The third kappa shape index (κ3) is 3.04. The minimum atomic E-state index is -4.63. The summed E-state index contributed by atoms with van der Waals surface area (Å²) in [6, 6.07) is 1.93. The van der Waals surface area contributed by atoms with Crippen LogP contribution in [0.5, 0.6) is 0 Å². The highest BCUT2D eigenvalue weighted by atomic mass is 19.4. The maximum atomic E-state index is 12.7. The van der Waals surface area contributed by atoms with Gasteiger partial charge >= 0.3 is 6.18 Å². The normalized spacial score (nSPS) is 17.7. The number of aromatic nitrogens is 1. The Morgan fingerprint density at radius 2 is 2.16 bits per heavy atom. The monoisotopic (exact) mass is 274 g/mol. The molecule has 104 valence electrons. The molecule has 0 bridgehead atoms. The second kappa shape index (κ2) is 4.80. The fourth-order valence-electron chi connectivity index (χ4n) is 1.91. The van der Waals surface area contributed by atoms with E-state index in [1.54, 1.807) is 0 Å². The van der Waals surface area contributed by atoms with Gasteiger partial charge in [-0.1, -0.05) is 0 Å². The minimum Gasteiger partial charge on any atom is -0.388 e. The first-order chi connectivity index (χ1) is 8.82. The van der Waals surface area contributed by atoms with Gasteiger partial charge in [0.05, 0.1) is 11.2 Å². The molecule has 0 aliphatic heterocycles. The first-order valence-electron chi connectivity index (χ1n) is 5.85. The number of hydrogen-bond acceptors (Lipinski definition) is 3. The van der Waals surface area contributed by atoms with Crippen LogP contribution in [0.3, 0.4) is 0 Å². The van der Waals surface area contributed by atoms with Gasteiger partial charge < -0.3 is 10.4 Å². The van der Waals surface area contributed by atoms with Gasteiger partial charge in [-0.25, -0.2) is 0 Å². The van der Waals surface area contributed by atoms with E-state index >= 15 is 0 Å². The molecule has 4 nitrogen and oxygen atoms in total. The molecule has 1 aromatic heterocycles. The van der Waals surface area contributed by atoms with Gasteiger partial charge in [-0.15, -0.1) is 0 Å². The van der Waals surface area contributed by atoms with E-state index in [0.717, 1.165) is 24.8 Å². The van der Waals surface area contributed by atoms with Gasteiger partial charge in [-0.2, -0.15) is 13.2 Å². The molecule has 1 amide bonds. The zero-order valence-corrected chi connectivity index (χ0v) is 10.00. The zero-order chi connectivity index (χ0) is 14.1. The number of amides is 1. The lowest BCUT2D eigenvalue weighted by Gasteiger charge is -2.36. The average Bonchev–Trinajstić information content (AvgIpc) is 2.32. The Labute approximate surface area is 107 Å². The molecule has 1 aliphatic carbocycles. The van der Waals surface area contributed by atoms with Crippen LogP contribution in [-0.2, 0) is 6.18 Å². The molecule has 1 aromatic rings. The van der Waals surface area contributed by atoms with E-state index < -0.39 is 28.9 Å². The standard InChI is InChI=1S/C12H13F3N2O2/c13-12(14,15)8-3-1-6-16-9(8)10(18)17-7-11(19)4-2-5-11/h1,3,6,19H,2,4-5,7H2,(H,17,18). The summed E-state index contributed by atoms with van der Waals surface area (Å²) in [6.45, 7) is -0.0558. The van der Waals surface area contributed by atoms with Gasteiger partial charge in [0.25, 0.3) is 5.91 Å². The van der Waals surface area contributed by atoms with E-state index in [9.17, 15) is 23.1 Å². The van der Waals surface area contributed by atoms with Gasteiger partial charge in [0.2, 0.25) is 0 Å². The van der Waals surface area contributed by atoms with E-state index in [0.29, 0.717) is 12.8 Å². The van der Waals surface area contributed by atoms with Gasteiger partial charge in [-0.05, 0) is 31.4 Å². The van der Waals surface area contributed by atoms with Crippen molar-refractivity contribution in [3.05, 3.63) is 29.6 Å². The number of hydrogen-bond donors (Lipinski definition) is 2. The number of carbonyl (C=O) groups is 1. The van der Waals surface area contributed by atoms with Crippen molar-refractivity contribution in [1.82, 2.24) is 10.3 Å². The van der Waals surface area contributed by atoms with E-state index in [-0.39, 0.29) is 6.54 Å². The fraction of sp³-hybridized carbons (Fsp3) is 0.500. The maximum absolute atomic E-state index is 12.7. The lowest BCUT2D eigenvalue weighted by molar-refractivity contribution is -0.138. The van der Waals surface area contributed by atoms with Crippen molar-refractivity contribution in [2.75, 3.05) is 6.54 Å². The Balaban J connectivity index is 2.11. The quantitative estimate of drug-likeness (QED) is 0.882. The van der Waals surface area contributed by atoms with Crippen LogP contribution in [0.1, 0.15) is 35.3 Å². The van der Waals surface area contributed by atoms with Gasteiger partial charge in [0.15, 0.2) is 0 Å². The van der Waals surface area contributed by atoms with Crippen LogP contribution in [-0.4, -0.2) is 28.1 Å². The number of nitrogens with one attached hydrogen (secondary N) is 1. The summed E-state index contributed by atoms with van der Waals surface area (Å²) in [5.41, 5.74) is -2.73.